The van der Waals surface area contributed by atoms with Crippen molar-refractivity contribution in [2.24, 2.45) is 0 Å². The highest BCUT2D eigenvalue weighted by Crippen LogP contribution is 2.26. The Morgan fingerprint density at radius 2 is 2.22 bits per heavy atom. The van der Waals surface area contributed by atoms with Crippen LogP contribution in [0.15, 0.2) is 35.2 Å². The smallest absolute Gasteiger partial charge is 0.0948 e. The lowest BCUT2D eigenvalue weighted by atomic mass is 10.2. The Morgan fingerprint density at radius 1 is 1.39 bits per heavy atom. The summed E-state index contributed by atoms with van der Waals surface area (Å²) in [6.45, 7) is 6.08. The number of nitrogens with zero attached hydrogens (tertiary/aromatic N) is 2. The van der Waals surface area contributed by atoms with Crippen molar-refractivity contribution in [1.82, 2.24) is 9.55 Å². The number of nitrogens with one attached hydrogen (secondary N) is 1. The van der Waals surface area contributed by atoms with Crippen LogP contribution in [0.4, 0.5) is 5.69 Å². The van der Waals surface area contributed by atoms with Crippen LogP contribution in [0.3, 0.4) is 0 Å². The minimum atomic E-state index is 0.794. The third-order valence-electron chi connectivity index (χ3n) is 2.91. The molecule has 1 heterocycles. The summed E-state index contributed by atoms with van der Waals surface area (Å²) in [5.74, 6) is 0. The van der Waals surface area contributed by atoms with Gasteiger partial charge in [-0.1, -0.05) is 19.1 Å². The van der Waals surface area contributed by atoms with E-state index < -0.39 is 0 Å². The zero-order chi connectivity index (χ0) is 13.0. The summed E-state index contributed by atoms with van der Waals surface area (Å²) in [6, 6.07) is 6.24. The summed E-state index contributed by atoms with van der Waals surface area (Å²) in [6.07, 6.45) is 4.94. The molecule has 0 amide bonds. The Morgan fingerprint density at radius 3 is 3.00 bits per heavy atom. The standard InChI is InChI=1S/C14H18BrN3/c1-3-7-18-10-16-8-12(18)9-17-13-6-4-5-11(2)14(13)15/h4-6,8,10,17H,3,7,9H2,1-2H3. The molecule has 0 radical (unpaired) electrons. The fourth-order valence-corrected chi connectivity index (χ4v) is 2.31. The second kappa shape index (κ2) is 6.05. The number of rotatable bonds is 5. The molecule has 0 aliphatic carbocycles. The topological polar surface area (TPSA) is 29.9 Å². The fourth-order valence-electron chi connectivity index (χ4n) is 1.91. The number of imidazole rings is 1. The normalized spacial score (nSPS) is 10.6. The van der Waals surface area contributed by atoms with E-state index in [1.54, 1.807) is 0 Å². The molecule has 4 heteroatoms. The van der Waals surface area contributed by atoms with Crippen LogP contribution in [-0.2, 0) is 13.1 Å². The van der Waals surface area contributed by atoms with Gasteiger partial charge in [0.1, 0.15) is 0 Å². The van der Waals surface area contributed by atoms with Gasteiger partial charge in [-0.3, -0.25) is 0 Å². The van der Waals surface area contributed by atoms with Crippen molar-refractivity contribution in [3.05, 3.63) is 46.5 Å². The number of benzene rings is 1. The predicted octanol–water partition coefficient (Wildman–Crippen LogP) is 3.98. The molecule has 18 heavy (non-hydrogen) atoms. The number of aryl methyl sites for hydroxylation is 2. The van der Waals surface area contributed by atoms with Crippen molar-refractivity contribution in [2.45, 2.75) is 33.4 Å². The first-order valence-electron chi connectivity index (χ1n) is 6.20. The molecule has 0 saturated carbocycles. The van der Waals surface area contributed by atoms with Gasteiger partial charge in [-0.25, -0.2) is 4.98 Å². The van der Waals surface area contributed by atoms with E-state index in [2.05, 4.69) is 62.8 Å². The third kappa shape index (κ3) is 2.93. The van der Waals surface area contributed by atoms with E-state index in [-0.39, 0.29) is 0 Å². The van der Waals surface area contributed by atoms with Gasteiger partial charge in [0.05, 0.1) is 18.6 Å². The van der Waals surface area contributed by atoms with Crippen molar-refractivity contribution in [3.8, 4) is 0 Å². The fraction of sp³-hybridized carbons (Fsp3) is 0.357. The molecular weight excluding hydrogens is 290 g/mol. The number of anilines is 1. The maximum atomic E-state index is 4.20. The van der Waals surface area contributed by atoms with Crippen LogP contribution >= 0.6 is 15.9 Å². The summed E-state index contributed by atoms with van der Waals surface area (Å²) in [5.41, 5.74) is 3.58. The van der Waals surface area contributed by atoms with Gasteiger partial charge in [0.25, 0.3) is 0 Å². The maximum Gasteiger partial charge on any atom is 0.0948 e. The molecule has 0 bridgehead atoms. The summed E-state index contributed by atoms with van der Waals surface area (Å²) >= 11 is 3.61. The van der Waals surface area contributed by atoms with Crippen molar-refractivity contribution >= 4 is 21.6 Å². The molecule has 2 rings (SSSR count). The molecular formula is C14H18BrN3. The lowest BCUT2D eigenvalue weighted by Crippen LogP contribution is -2.07. The molecule has 0 aliphatic heterocycles. The number of halogens is 1. The van der Waals surface area contributed by atoms with Crippen molar-refractivity contribution in [1.29, 1.82) is 0 Å². The quantitative estimate of drug-likeness (QED) is 0.905. The van der Waals surface area contributed by atoms with Crippen molar-refractivity contribution < 1.29 is 0 Å². The first-order chi connectivity index (χ1) is 8.72. The molecule has 1 N–H and O–H groups in total. The average molecular weight is 308 g/mol. The van der Waals surface area contributed by atoms with Gasteiger partial charge in [-0.2, -0.15) is 0 Å². The van der Waals surface area contributed by atoms with Crippen LogP contribution in [0, 0.1) is 6.92 Å². The van der Waals surface area contributed by atoms with Crippen molar-refractivity contribution in [2.75, 3.05) is 5.32 Å². The van der Waals surface area contributed by atoms with E-state index in [0.29, 0.717) is 0 Å². The summed E-state index contributed by atoms with van der Waals surface area (Å²) in [4.78, 5) is 4.20. The van der Waals surface area contributed by atoms with Crippen LogP contribution in [0.1, 0.15) is 24.6 Å². The Bertz CT molecular complexity index is 520. The first-order valence-corrected chi connectivity index (χ1v) is 6.99. The summed E-state index contributed by atoms with van der Waals surface area (Å²) in [7, 11) is 0. The van der Waals surface area contributed by atoms with Gasteiger partial charge in [0, 0.05) is 22.9 Å². The van der Waals surface area contributed by atoms with E-state index >= 15 is 0 Å². The minimum absolute atomic E-state index is 0.794. The van der Waals surface area contributed by atoms with Crippen LogP contribution in [0.2, 0.25) is 0 Å². The molecule has 1 aromatic heterocycles. The highest BCUT2D eigenvalue weighted by molar-refractivity contribution is 9.10. The second-order valence-electron chi connectivity index (χ2n) is 4.37. The highest BCUT2D eigenvalue weighted by Gasteiger charge is 2.04. The second-order valence-corrected chi connectivity index (χ2v) is 5.16. The molecule has 0 unspecified atom stereocenters. The van der Waals surface area contributed by atoms with Crippen LogP contribution in [0.5, 0.6) is 0 Å². The molecule has 1 aromatic carbocycles. The molecule has 96 valence electrons. The lowest BCUT2D eigenvalue weighted by molar-refractivity contribution is 0.651. The Hall–Kier alpha value is -1.29. The van der Waals surface area contributed by atoms with E-state index in [1.165, 1.54) is 11.3 Å². The zero-order valence-electron chi connectivity index (χ0n) is 10.8. The van der Waals surface area contributed by atoms with E-state index in [1.807, 2.05) is 12.5 Å². The van der Waals surface area contributed by atoms with Crippen LogP contribution in [0.25, 0.3) is 0 Å². The van der Waals surface area contributed by atoms with Crippen LogP contribution < -0.4 is 5.32 Å². The maximum absolute atomic E-state index is 4.20. The van der Waals surface area contributed by atoms with Gasteiger partial charge >= 0.3 is 0 Å². The highest BCUT2D eigenvalue weighted by atomic mass is 79.9. The molecule has 0 saturated heterocycles. The average Bonchev–Trinajstić information content (AvgIpc) is 2.79. The van der Waals surface area contributed by atoms with Crippen LogP contribution in [-0.4, -0.2) is 9.55 Å². The van der Waals surface area contributed by atoms with Gasteiger partial charge in [0.2, 0.25) is 0 Å². The minimum Gasteiger partial charge on any atom is -0.378 e. The van der Waals surface area contributed by atoms with Crippen molar-refractivity contribution in [3.63, 3.8) is 0 Å². The van der Waals surface area contributed by atoms with E-state index in [0.717, 1.165) is 29.7 Å². The van der Waals surface area contributed by atoms with Gasteiger partial charge in [0.15, 0.2) is 0 Å². The van der Waals surface area contributed by atoms with E-state index in [9.17, 15) is 0 Å². The van der Waals surface area contributed by atoms with Gasteiger partial charge in [-0.15, -0.1) is 0 Å². The Labute approximate surface area is 116 Å². The zero-order valence-corrected chi connectivity index (χ0v) is 12.4. The number of hydrogen-bond donors (Lipinski definition) is 1. The number of aromatic nitrogens is 2. The third-order valence-corrected chi connectivity index (χ3v) is 3.97. The summed E-state index contributed by atoms with van der Waals surface area (Å²) in [5, 5.41) is 3.45. The molecule has 2 aromatic rings. The largest absolute Gasteiger partial charge is 0.378 e. The molecule has 3 nitrogen and oxygen atoms in total. The molecule has 0 spiro atoms. The molecule has 0 aliphatic rings. The Kier molecular flexibility index (Phi) is 4.42. The predicted molar refractivity (Wildman–Crippen MR) is 78.7 cm³/mol. The molecule has 0 atom stereocenters. The van der Waals surface area contributed by atoms with Gasteiger partial charge in [-0.05, 0) is 40.9 Å². The first kappa shape index (κ1) is 13.1. The van der Waals surface area contributed by atoms with Gasteiger partial charge < -0.3 is 9.88 Å². The Balaban J connectivity index is 2.07. The SMILES string of the molecule is CCCn1cncc1CNc1cccc(C)c1Br. The van der Waals surface area contributed by atoms with E-state index in [4.69, 9.17) is 0 Å². The monoisotopic (exact) mass is 307 g/mol. The number of hydrogen-bond acceptors (Lipinski definition) is 2. The summed E-state index contributed by atoms with van der Waals surface area (Å²) < 4.78 is 3.32. The lowest BCUT2D eigenvalue weighted by Gasteiger charge is -2.11. The molecule has 0 fully saturated rings.